The Hall–Kier alpha value is -2.00. The lowest BCUT2D eigenvalue weighted by atomic mass is 10.1. The number of benzene rings is 2. The Bertz CT molecular complexity index is 820. The van der Waals surface area contributed by atoms with Crippen molar-refractivity contribution in [2.45, 2.75) is 32.4 Å². The molecule has 0 amide bonds. The summed E-state index contributed by atoms with van der Waals surface area (Å²) in [5, 5.41) is 3.13. The van der Waals surface area contributed by atoms with Gasteiger partial charge in [-0.25, -0.2) is 4.99 Å². The molecule has 0 saturated carbocycles. The molecule has 0 spiro atoms. The molecule has 2 aromatic carbocycles. The highest BCUT2D eigenvalue weighted by Gasteiger charge is 2.12. The van der Waals surface area contributed by atoms with E-state index in [1.807, 2.05) is 18.2 Å². The largest absolute Gasteiger partial charge is 0.490 e. The SMILES string of the molecule is I.NC(=NCc1ccc(CN2CCCC2)cc1)Nc1ccc2c(c1)OCCCO2. The lowest BCUT2D eigenvalue weighted by Crippen LogP contribution is -2.22. The highest BCUT2D eigenvalue weighted by atomic mass is 127. The monoisotopic (exact) mass is 508 g/mol. The van der Waals surface area contributed by atoms with E-state index in [0.29, 0.717) is 25.7 Å². The fourth-order valence-electron chi connectivity index (χ4n) is 3.55. The summed E-state index contributed by atoms with van der Waals surface area (Å²) >= 11 is 0. The average Bonchev–Trinajstić information content (AvgIpc) is 3.10. The van der Waals surface area contributed by atoms with Crippen molar-refractivity contribution in [3.05, 3.63) is 53.6 Å². The van der Waals surface area contributed by atoms with Crippen LogP contribution in [0.25, 0.3) is 0 Å². The van der Waals surface area contributed by atoms with Gasteiger partial charge in [-0.1, -0.05) is 24.3 Å². The minimum absolute atomic E-state index is 0. The standard InChI is InChI=1S/C22H28N4O2.HI/c23-22(25-19-8-9-20-21(14-19)28-13-3-12-27-20)24-15-17-4-6-18(7-5-17)16-26-10-1-2-11-26;/h4-9,14H,1-3,10-13,15-16H2,(H3,23,24,25);1H. The van der Waals surface area contributed by atoms with E-state index in [1.165, 1.54) is 31.5 Å². The molecule has 0 aliphatic carbocycles. The van der Waals surface area contributed by atoms with E-state index in [0.717, 1.165) is 35.7 Å². The lowest BCUT2D eigenvalue weighted by Gasteiger charge is -2.14. The molecule has 0 atom stereocenters. The van der Waals surface area contributed by atoms with E-state index in [1.54, 1.807) is 0 Å². The molecular formula is C22H29IN4O2. The molecule has 156 valence electrons. The Labute approximate surface area is 189 Å². The van der Waals surface area contributed by atoms with E-state index in [-0.39, 0.29) is 24.0 Å². The number of nitrogens with one attached hydrogen (secondary N) is 1. The maximum atomic E-state index is 6.06. The number of halogens is 1. The Balaban J connectivity index is 0.00000240. The zero-order valence-electron chi connectivity index (χ0n) is 16.6. The number of rotatable bonds is 5. The normalized spacial score (nSPS) is 16.8. The molecular weight excluding hydrogens is 479 g/mol. The number of fused-ring (bicyclic) bond motifs is 1. The maximum Gasteiger partial charge on any atom is 0.193 e. The van der Waals surface area contributed by atoms with Crippen molar-refractivity contribution in [1.29, 1.82) is 0 Å². The first-order valence-corrected chi connectivity index (χ1v) is 10.0. The summed E-state index contributed by atoms with van der Waals surface area (Å²) in [5.41, 5.74) is 9.40. The third-order valence-electron chi connectivity index (χ3n) is 5.08. The fraction of sp³-hybridized carbons (Fsp3) is 0.409. The Morgan fingerprint density at radius 1 is 0.931 bits per heavy atom. The van der Waals surface area contributed by atoms with Crippen LogP contribution in [0, 0.1) is 0 Å². The Morgan fingerprint density at radius 3 is 2.38 bits per heavy atom. The third-order valence-corrected chi connectivity index (χ3v) is 5.08. The zero-order valence-corrected chi connectivity index (χ0v) is 18.9. The molecule has 1 fully saturated rings. The minimum Gasteiger partial charge on any atom is -0.490 e. The van der Waals surface area contributed by atoms with E-state index in [9.17, 15) is 0 Å². The first kappa shape index (κ1) is 21.7. The second-order valence-electron chi connectivity index (χ2n) is 7.34. The Morgan fingerprint density at radius 2 is 1.62 bits per heavy atom. The van der Waals surface area contributed by atoms with E-state index in [4.69, 9.17) is 15.2 Å². The molecule has 2 aliphatic rings. The van der Waals surface area contributed by atoms with Gasteiger partial charge in [-0.15, -0.1) is 24.0 Å². The van der Waals surface area contributed by atoms with Crippen molar-refractivity contribution in [2.24, 2.45) is 10.7 Å². The van der Waals surface area contributed by atoms with Gasteiger partial charge < -0.3 is 20.5 Å². The zero-order chi connectivity index (χ0) is 19.2. The molecule has 0 unspecified atom stereocenters. The van der Waals surface area contributed by atoms with E-state index in [2.05, 4.69) is 39.5 Å². The summed E-state index contributed by atoms with van der Waals surface area (Å²) in [7, 11) is 0. The van der Waals surface area contributed by atoms with Crippen molar-refractivity contribution < 1.29 is 9.47 Å². The molecule has 2 heterocycles. The molecule has 2 aromatic rings. The molecule has 7 heteroatoms. The number of hydrogen-bond donors (Lipinski definition) is 2. The molecule has 1 saturated heterocycles. The molecule has 0 aromatic heterocycles. The van der Waals surface area contributed by atoms with Crippen LogP contribution < -0.4 is 20.5 Å². The maximum absolute atomic E-state index is 6.06. The summed E-state index contributed by atoms with van der Waals surface area (Å²) in [4.78, 5) is 6.96. The van der Waals surface area contributed by atoms with Gasteiger partial charge in [0.2, 0.25) is 0 Å². The second-order valence-corrected chi connectivity index (χ2v) is 7.34. The van der Waals surface area contributed by atoms with Gasteiger partial charge in [-0.3, -0.25) is 4.90 Å². The minimum atomic E-state index is 0. The van der Waals surface area contributed by atoms with E-state index < -0.39 is 0 Å². The van der Waals surface area contributed by atoms with Crippen LogP contribution in [0.1, 0.15) is 30.4 Å². The van der Waals surface area contributed by atoms with Gasteiger partial charge in [0.05, 0.1) is 19.8 Å². The third kappa shape index (κ3) is 6.24. The number of ether oxygens (including phenoxy) is 2. The quantitative estimate of drug-likeness (QED) is 0.363. The van der Waals surface area contributed by atoms with Gasteiger partial charge >= 0.3 is 0 Å². The molecule has 3 N–H and O–H groups in total. The van der Waals surface area contributed by atoms with Crippen molar-refractivity contribution in [2.75, 3.05) is 31.6 Å². The summed E-state index contributed by atoms with van der Waals surface area (Å²) in [6.07, 6.45) is 3.53. The number of aliphatic imine (C=N–C) groups is 1. The van der Waals surface area contributed by atoms with Crippen LogP contribution in [0.2, 0.25) is 0 Å². The van der Waals surface area contributed by atoms with Crippen molar-refractivity contribution >= 4 is 35.6 Å². The highest BCUT2D eigenvalue weighted by molar-refractivity contribution is 14.0. The van der Waals surface area contributed by atoms with Crippen LogP contribution in [-0.4, -0.2) is 37.2 Å². The van der Waals surface area contributed by atoms with Gasteiger partial charge in [0.15, 0.2) is 17.5 Å². The smallest absolute Gasteiger partial charge is 0.193 e. The molecule has 0 bridgehead atoms. The highest BCUT2D eigenvalue weighted by Crippen LogP contribution is 2.32. The van der Waals surface area contributed by atoms with Gasteiger partial charge in [-0.2, -0.15) is 0 Å². The Kier molecular flexibility index (Phi) is 8.00. The molecule has 29 heavy (non-hydrogen) atoms. The van der Waals surface area contributed by atoms with Crippen LogP contribution >= 0.6 is 24.0 Å². The van der Waals surface area contributed by atoms with Crippen LogP contribution in [0.3, 0.4) is 0 Å². The predicted molar refractivity (Wildman–Crippen MR) is 127 cm³/mol. The molecule has 4 rings (SSSR count). The number of anilines is 1. The lowest BCUT2D eigenvalue weighted by molar-refractivity contribution is 0.297. The number of nitrogens with two attached hydrogens (primary N) is 1. The topological polar surface area (TPSA) is 72.1 Å². The number of nitrogens with zero attached hydrogens (tertiary/aromatic N) is 2. The summed E-state index contributed by atoms with van der Waals surface area (Å²) in [6, 6.07) is 14.4. The molecule has 0 radical (unpaired) electrons. The first-order valence-electron chi connectivity index (χ1n) is 10.0. The van der Waals surface area contributed by atoms with Gasteiger partial charge in [0.25, 0.3) is 0 Å². The second kappa shape index (κ2) is 10.7. The van der Waals surface area contributed by atoms with Crippen molar-refractivity contribution in [3.63, 3.8) is 0 Å². The summed E-state index contributed by atoms with van der Waals surface area (Å²) in [6.45, 7) is 5.36. The van der Waals surface area contributed by atoms with Gasteiger partial charge in [0.1, 0.15) is 0 Å². The predicted octanol–water partition coefficient (Wildman–Crippen LogP) is 3.99. The van der Waals surface area contributed by atoms with Crippen molar-refractivity contribution in [3.8, 4) is 11.5 Å². The summed E-state index contributed by atoms with van der Waals surface area (Å²) < 4.78 is 11.4. The molecule has 6 nitrogen and oxygen atoms in total. The number of guanidine groups is 1. The summed E-state index contributed by atoms with van der Waals surface area (Å²) in [5.74, 6) is 1.90. The first-order chi connectivity index (χ1) is 13.8. The average molecular weight is 508 g/mol. The van der Waals surface area contributed by atoms with Crippen LogP contribution in [0.4, 0.5) is 5.69 Å². The fourth-order valence-corrected chi connectivity index (χ4v) is 3.55. The van der Waals surface area contributed by atoms with Crippen LogP contribution in [0.5, 0.6) is 11.5 Å². The van der Waals surface area contributed by atoms with Crippen LogP contribution in [-0.2, 0) is 13.1 Å². The molecule has 2 aliphatic heterocycles. The van der Waals surface area contributed by atoms with Crippen molar-refractivity contribution in [1.82, 2.24) is 4.90 Å². The van der Waals surface area contributed by atoms with Gasteiger partial charge in [0, 0.05) is 24.7 Å². The van der Waals surface area contributed by atoms with Gasteiger partial charge in [-0.05, 0) is 49.2 Å². The number of hydrogen-bond acceptors (Lipinski definition) is 4. The number of likely N-dealkylation sites (tertiary alicyclic amines) is 1. The van der Waals surface area contributed by atoms with Crippen LogP contribution in [0.15, 0.2) is 47.5 Å². The van der Waals surface area contributed by atoms with E-state index >= 15 is 0 Å².